The summed E-state index contributed by atoms with van der Waals surface area (Å²) < 4.78 is 2.28. The highest BCUT2D eigenvalue weighted by molar-refractivity contribution is 6.42. The smallest absolute Gasteiger partial charge is 0.238 e. The Morgan fingerprint density at radius 2 is 2.00 bits per heavy atom. The zero-order valence-electron chi connectivity index (χ0n) is 15.1. The van der Waals surface area contributed by atoms with Gasteiger partial charge in [0.15, 0.2) is 0 Å². The molecule has 1 atom stereocenters. The van der Waals surface area contributed by atoms with Crippen molar-refractivity contribution in [3.05, 3.63) is 39.9 Å². The summed E-state index contributed by atoms with van der Waals surface area (Å²) >= 11 is 12.0. The van der Waals surface area contributed by atoms with Gasteiger partial charge in [0.05, 0.1) is 22.6 Å². The number of hydrogen-bond donors (Lipinski definition) is 1. The van der Waals surface area contributed by atoms with E-state index in [1.807, 2.05) is 0 Å². The van der Waals surface area contributed by atoms with E-state index in [0.717, 1.165) is 44.0 Å². The minimum Gasteiger partial charge on any atom is -0.325 e. The average Bonchev–Trinajstić information content (AvgIpc) is 3.18. The molecular formula is C19H23Cl2N5O. The van der Waals surface area contributed by atoms with Crippen molar-refractivity contribution >= 4 is 34.8 Å². The number of aromatic nitrogens is 3. The molecule has 1 aromatic heterocycles. The van der Waals surface area contributed by atoms with Crippen molar-refractivity contribution in [2.75, 3.05) is 18.4 Å². The molecule has 1 fully saturated rings. The molecule has 1 amide bonds. The molecule has 6 nitrogen and oxygen atoms in total. The third kappa shape index (κ3) is 4.13. The first-order chi connectivity index (χ1) is 13.1. The van der Waals surface area contributed by atoms with Crippen LogP contribution in [0.5, 0.6) is 0 Å². The highest BCUT2D eigenvalue weighted by Crippen LogP contribution is 2.32. The van der Waals surface area contributed by atoms with E-state index < -0.39 is 0 Å². The number of carbonyl (C=O) groups excluding carboxylic acids is 1. The quantitative estimate of drug-likeness (QED) is 0.828. The number of amides is 1. The molecule has 1 unspecified atom stereocenters. The molecule has 0 saturated carbocycles. The Kier molecular flexibility index (Phi) is 5.66. The SMILES string of the molecule is O=C(CN1CCCC1c1nnc2n1CCCCC2)Nc1ccc(Cl)c(Cl)c1. The summed E-state index contributed by atoms with van der Waals surface area (Å²) in [5.74, 6) is 2.05. The van der Waals surface area contributed by atoms with E-state index in [-0.39, 0.29) is 11.9 Å². The van der Waals surface area contributed by atoms with E-state index in [9.17, 15) is 4.79 Å². The van der Waals surface area contributed by atoms with Crippen LogP contribution in [0.2, 0.25) is 10.0 Å². The standard InChI is InChI=1S/C19H23Cl2N5O/c20-14-8-7-13(11-15(14)21)22-18(27)12-25-9-4-5-16(25)19-24-23-17-6-2-1-3-10-26(17)19/h7-8,11,16H,1-6,9-10,12H2,(H,22,27). The molecule has 1 N–H and O–H groups in total. The van der Waals surface area contributed by atoms with E-state index in [0.29, 0.717) is 22.3 Å². The van der Waals surface area contributed by atoms with E-state index in [1.165, 1.54) is 19.3 Å². The van der Waals surface area contributed by atoms with Gasteiger partial charge in [-0.1, -0.05) is 29.6 Å². The van der Waals surface area contributed by atoms with Gasteiger partial charge < -0.3 is 9.88 Å². The van der Waals surface area contributed by atoms with Gasteiger partial charge in [0, 0.05) is 18.7 Å². The van der Waals surface area contributed by atoms with Crippen LogP contribution in [0.3, 0.4) is 0 Å². The Morgan fingerprint density at radius 1 is 1.11 bits per heavy atom. The number of carbonyl (C=O) groups is 1. The minimum absolute atomic E-state index is 0.0594. The highest BCUT2D eigenvalue weighted by Gasteiger charge is 2.32. The summed E-state index contributed by atoms with van der Waals surface area (Å²) in [6.45, 7) is 2.20. The van der Waals surface area contributed by atoms with E-state index in [2.05, 4.69) is 25.0 Å². The van der Waals surface area contributed by atoms with E-state index >= 15 is 0 Å². The van der Waals surface area contributed by atoms with Gasteiger partial charge in [0.2, 0.25) is 5.91 Å². The van der Waals surface area contributed by atoms with Gasteiger partial charge in [-0.2, -0.15) is 0 Å². The maximum atomic E-state index is 12.6. The monoisotopic (exact) mass is 407 g/mol. The van der Waals surface area contributed by atoms with Crippen LogP contribution in [0, 0.1) is 0 Å². The molecule has 2 aliphatic rings. The zero-order chi connectivity index (χ0) is 18.8. The summed E-state index contributed by atoms with van der Waals surface area (Å²) in [5, 5.41) is 12.7. The molecule has 27 heavy (non-hydrogen) atoms. The van der Waals surface area contributed by atoms with Gasteiger partial charge in [-0.05, 0) is 50.4 Å². The maximum absolute atomic E-state index is 12.6. The first-order valence-electron chi connectivity index (χ1n) is 9.53. The number of benzene rings is 1. The second-order valence-corrected chi connectivity index (χ2v) is 8.06. The number of hydrogen-bond acceptors (Lipinski definition) is 4. The summed E-state index contributed by atoms with van der Waals surface area (Å²) in [6, 6.07) is 5.26. The molecule has 0 bridgehead atoms. The van der Waals surface area contributed by atoms with Crippen LogP contribution in [0.4, 0.5) is 5.69 Å². The topological polar surface area (TPSA) is 63.1 Å². The molecule has 144 valence electrons. The second kappa shape index (κ2) is 8.17. The van der Waals surface area contributed by atoms with Crippen LogP contribution in [0.15, 0.2) is 18.2 Å². The van der Waals surface area contributed by atoms with Gasteiger partial charge in [-0.25, -0.2) is 0 Å². The van der Waals surface area contributed by atoms with Gasteiger partial charge in [0.25, 0.3) is 0 Å². The first kappa shape index (κ1) is 18.7. The van der Waals surface area contributed by atoms with Crippen molar-refractivity contribution in [2.24, 2.45) is 0 Å². The van der Waals surface area contributed by atoms with Gasteiger partial charge in [0.1, 0.15) is 11.6 Å². The molecule has 1 aromatic carbocycles. The van der Waals surface area contributed by atoms with Crippen LogP contribution >= 0.6 is 23.2 Å². The number of anilines is 1. The Bertz CT molecular complexity index is 838. The molecule has 2 aliphatic heterocycles. The summed E-state index contributed by atoms with van der Waals surface area (Å²) in [5.41, 5.74) is 0.654. The normalized spacial score (nSPS) is 20.3. The van der Waals surface area contributed by atoms with Crippen molar-refractivity contribution in [3.63, 3.8) is 0 Å². The van der Waals surface area contributed by atoms with Crippen molar-refractivity contribution in [3.8, 4) is 0 Å². The molecule has 0 aliphatic carbocycles. The Balaban J connectivity index is 1.45. The predicted octanol–water partition coefficient (Wildman–Crippen LogP) is 4.09. The van der Waals surface area contributed by atoms with Crippen LogP contribution in [-0.4, -0.2) is 38.7 Å². The Morgan fingerprint density at radius 3 is 2.85 bits per heavy atom. The van der Waals surface area contributed by atoms with E-state index in [1.54, 1.807) is 18.2 Å². The van der Waals surface area contributed by atoms with Crippen molar-refractivity contribution in [2.45, 2.75) is 51.1 Å². The number of halogens is 2. The number of fused-ring (bicyclic) bond motifs is 1. The van der Waals surface area contributed by atoms with Crippen molar-refractivity contribution < 1.29 is 4.79 Å². The summed E-state index contributed by atoms with van der Waals surface area (Å²) in [4.78, 5) is 14.8. The number of nitrogens with one attached hydrogen (secondary N) is 1. The fourth-order valence-corrected chi connectivity index (χ4v) is 4.32. The van der Waals surface area contributed by atoms with E-state index in [4.69, 9.17) is 23.2 Å². The number of aryl methyl sites for hydroxylation is 1. The van der Waals surface area contributed by atoms with Crippen LogP contribution in [-0.2, 0) is 17.8 Å². The third-order valence-corrected chi connectivity index (χ3v) is 6.09. The van der Waals surface area contributed by atoms with Crippen LogP contribution in [0.25, 0.3) is 0 Å². The molecular weight excluding hydrogens is 385 g/mol. The molecule has 0 radical (unpaired) electrons. The average molecular weight is 408 g/mol. The number of rotatable bonds is 4. The Labute approximate surface area is 168 Å². The molecule has 1 saturated heterocycles. The number of likely N-dealkylation sites (tertiary alicyclic amines) is 1. The lowest BCUT2D eigenvalue weighted by molar-refractivity contribution is -0.117. The van der Waals surface area contributed by atoms with Crippen LogP contribution < -0.4 is 5.32 Å². The van der Waals surface area contributed by atoms with Crippen molar-refractivity contribution in [1.29, 1.82) is 0 Å². The lowest BCUT2D eigenvalue weighted by atomic mass is 10.2. The lowest BCUT2D eigenvalue weighted by Gasteiger charge is -2.24. The molecule has 4 rings (SSSR count). The van der Waals surface area contributed by atoms with Gasteiger partial charge in [-0.15, -0.1) is 10.2 Å². The highest BCUT2D eigenvalue weighted by atomic mass is 35.5. The largest absolute Gasteiger partial charge is 0.325 e. The number of nitrogens with zero attached hydrogens (tertiary/aromatic N) is 4. The third-order valence-electron chi connectivity index (χ3n) is 5.35. The van der Waals surface area contributed by atoms with Crippen molar-refractivity contribution in [1.82, 2.24) is 19.7 Å². The summed E-state index contributed by atoms with van der Waals surface area (Å²) in [7, 11) is 0. The fourth-order valence-electron chi connectivity index (χ4n) is 4.02. The molecule has 2 aromatic rings. The second-order valence-electron chi connectivity index (χ2n) is 7.24. The lowest BCUT2D eigenvalue weighted by Crippen LogP contribution is -2.34. The minimum atomic E-state index is -0.0594. The van der Waals surface area contributed by atoms with Gasteiger partial charge in [-0.3, -0.25) is 9.69 Å². The Hall–Kier alpha value is -1.63. The molecule has 8 heteroatoms. The van der Waals surface area contributed by atoms with Crippen LogP contribution in [0.1, 0.15) is 49.8 Å². The molecule has 0 spiro atoms. The summed E-state index contributed by atoms with van der Waals surface area (Å²) in [6.07, 6.45) is 6.66. The first-order valence-corrected chi connectivity index (χ1v) is 10.3. The predicted molar refractivity (Wildman–Crippen MR) is 106 cm³/mol. The fraction of sp³-hybridized carbons (Fsp3) is 0.526. The maximum Gasteiger partial charge on any atom is 0.238 e. The zero-order valence-corrected chi connectivity index (χ0v) is 16.6. The van der Waals surface area contributed by atoms with Gasteiger partial charge >= 0.3 is 0 Å². The molecule has 3 heterocycles.